The van der Waals surface area contributed by atoms with Gasteiger partial charge in [-0.1, -0.05) is 19.9 Å². The lowest BCUT2D eigenvalue weighted by Gasteiger charge is -2.22. The van der Waals surface area contributed by atoms with Gasteiger partial charge in [0.25, 0.3) is 0 Å². The number of carbonyl (C=O) groups excluding carboxylic acids is 1. The molecule has 0 unspecified atom stereocenters. The first kappa shape index (κ1) is 19.9. The molecule has 5 nitrogen and oxygen atoms in total. The van der Waals surface area contributed by atoms with Crippen LogP contribution in [0.4, 0.5) is 23.2 Å². The van der Waals surface area contributed by atoms with E-state index in [-0.39, 0.29) is 12.1 Å². The van der Waals surface area contributed by atoms with E-state index in [1.807, 2.05) is 5.32 Å². The van der Waals surface area contributed by atoms with E-state index >= 15 is 0 Å². The fraction of sp³-hybridized carbons (Fsp3) is 0.467. The molecule has 1 amide bonds. The van der Waals surface area contributed by atoms with Crippen LogP contribution in [0.2, 0.25) is 0 Å². The molecule has 0 radical (unpaired) electrons. The van der Waals surface area contributed by atoms with Crippen molar-refractivity contribution >= 4 is 17.6 Å². The molecule has 0 aromatic heterocycles. The van der Waals surface area contributed by atoms with Crippen LogP contribution in [0.15, 0.2) is 18.2 Å². The van der Waals surface area contributed by atoms with Crippen molar-refractivity contribution in [2.75, 3.05) is 5.32 Å². The highest BCUT2D eigenvalue weighted by Crippen LogP contribution is 2.28. The molecule has 0 heterocycles. The predicted molar refractivity (Wildman–Crippen MR) is 78.7 cm³/mol. The molecule has 0 saturated heterocycles. The van der Waals surface area contributed by atoms with Gasteiger partial charge in [-0.05, 0) is 24.1 Å². The molecule has 0 spiro atoms. The number of carboxylic acids is 1. The van der Waals surface area contributed by atoms with Crippen molar-refractivity contribution < 1.29 is 32.3 Å². The molecule has 1 aromatic rings. The smallest absolute Gasteiger partial charge is 0.393 e. The Bertz CT molecular complexity index is 619. The van der Waals surface area contributed by atoms with Crippen LogP contribution >= 0.6 is 0 Å². The van der Waals surface area contributed by atoms with Crippen LogP contribution in [0.3, 0.4) is 0 Å². The largest absolute Gasteiger partial charge is 0.481 e. The standard InChI is InChI=1S/C15H18F4N2O3/c1-7(14(23)24)5-9-3-4-10(16)11(6-9)21-13(22)12(20)8(2)15(17,18)19/h3-4,6-8,12H,5,20H2,1-2H3,(H,21,22)(H,23,24)/t7-,8+,12+/m0/s1. The molecule has 0 saturated carbocycles. The highest BCUT2D eigenvalue weighted by Gasteiger charge is 2.42. The minimum Gasteiger partial charge on any atom is -0.481 e. The third-order valence-corrected chi connectivity index (χ3v) is 3.61. The Morgan fingerprint density at radius 3 is 2.38 bits per heavy atom. The second-order valence-electron chi connectivity index (χ2n) is 5.60. The van der Waals surface area contributed by atoms with E-state index in [9.17, 15) is 27.2 Å². The number of hydrogen-bond donors (Lipinski definition) is 3. The number of benzene rings is 1. The summed E-state index contributed by atoms with van der Waals surface area (Å²) in [5, 5.41) is 10.9. The van der Waals surface area contributed by atoms with E-state index in [1.54, 1.807) is 0 Å². The molecule has 4 N–H and O–H groups in total. The van der Waals surface area contributed by atoms with E-state index in [2.05, 4.69) is 0 Å². The van der Waals surface area contributed by atoms with Gasteiger partial charge in [0.2, 0.25) is 5.91 Å². The Hall–Kier alpha value is -2.16. The van der Waals surface area contributed by atoms with Crippen LogP contribution in [0.25, 0.3) is 0 Å². The first-order chi connectivity index (χ1) is 10.9. The van der Waals surface area contributed by atoms with E-state index in [0.29, 0.717) is 5.56 Å². The maximum Gasteiger partial charge on any atom is 0.393 e. The highest BCUT2D eigenvalue weighted by atomic mass is 19.4. The van der Waals surface area contributed by atoms with Crippen LogP contribution in [-0.4, -0.2) is 29.2 Å². The molecule has 9 heteroatoms. The van der Waals surface area contributed by atoms with Crippen LogP contribution in [0, 0.1) is 17.7 Å². The van der Waals surface area contributed by atoms with Crippen LogP contribution < -0.4 is 11.1 Å². The molecule has 1 rings (SSSR count). The van der Waals surface area contributed by atoms with Crippen LogP contribution in [0.1, 0.15) is 19.4 Å². The molecule has 3 atom stereocenters. The number of carboxylic acid groups (broad SMARTS) is 1. The number of alkyl halides is 3. The molecule has 0 aliphatic carbocycles. The van der Waals surface area contributed by atoms with Crippen molar-refractivity contribution in [2.24, 2.45) is 17.6 Å². The summed E-state index contributed by atoms with van der Waals surface area (Å²) in [6.07, 6.45) is -4.59. The lowest BCUT2D eigenvalue weighted by Crippen LogP contribution is -2.46. The summed E-state index contributed by atoms with van der Waals surface area (Å²) in [7, 11) is 0. The Labute approximate surface area is 135 Å². The first-order valence-corrected chi connectivity index (χ1v) is 7.08. The summed E-state index contributed by atoms with van der Waals surface area (Å²) in [5.74, 6) is -5.93. The number of halogens is 4. The lowest BCUT2D eigenvalue weighted by molar-refractivity contribution is -0.176. The van der Waals surface area contributed by atoms with Gasteiger partial charge in [-0.15, -0.1) is 0 Å². The van der Waals surface area contributed by atoms with Gasteiger partial charge >= 0.3 is 12.1 Å². The van der Waals surface area contributed by atoms with Gasteiger partial charge in [0.15, 0.2) is 0 Å². The third-order valence-electron chi connectivity index (χ3n) is 3.61. The molecular formula is C15H18F4N2O3. The summed E-state index contributed by atoms with van der Waals surface area (Å²) in [6.45, 7) is 2.20. The molecule has 0 fully saturated rings. The van der Waals surface area contributed by atoms with Gasteiger partial charge in [0.1, 0.15) is 5.82 Å². The van der Waals surface area contributed by atoms with E-state index in [0.717, 1.165) is 13.0 Å². The minimum atomic E-state index is -4.66. The zero-order chi connectivity index (χ0) is 18.7. The quantitative estimate of drug-likeness (QED) is 0.688. The molecule has 0 bridgehead atoms. The third kappa shape index (κ3) is 5.19. The molecule has 0 aliphatic rings. The maximum absolute atomic E-state index is 13.7. The van der Waals surface area contributed by atoms with E-state index < -0.39 is 41.7 Å². The second kappa shape index (κ2) is 7.61. The van der Waals surface area contributed by atoms with Crippen LogP contribution in [-0.2, 0) is 16.0 Å². The Morgan fingerprint density at radius 1 is 1.29 bits per heavy atom. The van der Waals surface area contributed by atoms with Gasteiger partial charge in [-0.2, -0.15) is 13.2 Å². The van der Waals surface area contributed by atoms with Gasteiger partial charge < -0.3 is 16.2 Å². The zero-order valence-electron chi connectivity index (χ0n) is 13.0. The number of anilines is 1. The van der Waals surface area contributed by atoms with Crippen molar-refractivity contribution in [3.8, 4) is 0 Å². The summed E-state index contributed by atoms with van der Waals surface area (Å²) in [4.78, 5) is 22.6. The Balaban J connectivity index is 2.90. The minimum absolute atomic E-state index is 0.0729. The van der Waals surface area contributed by atoms with Crippen LogP contribution in [0.5, 0.6) is 0 Å². The average molecular weight is 350 g/mol. The number of rotatable bonds is 6. The SMILES string of the molecule is C[C@H]([C@@H](N)C(=O)Nc1cc(C[C@H](C)C(=O)O)ccc1F)C(F)(F)F. The van der Waals surface area contributed by atoms with Crippen molar-refractivity contribution in [3.05, 3.63) is 29.6 Å². The van der Waals surface area contributed by atoms with Gasteiger partial charge in [0.05, 0.1) is 23.6 Å². The van der Waals surface area contributed by atoms with Crippen molar-refractivity contribution in [1.82, 2.24) is 0 Å². The lowest BCUT2D eigenvalue weighted by atomic mass is 10.00. The zero-order valence-corrected chi connectivity index (χ0v) is 13.0. The fourth-order valence-corrected chi connectivity index (χ4v) is 1.88. The number of nitrogens with two attached hydrogens (primary N) is 1. The van der Waals surface area contributed by atoms with Gasteiger partial charge in [0, 0.05) is 0 Å². The molecule has 0 aliphatic heterocycles. The van der Waals surface area contributed by atoms with Crippen molar-refractivity contribution in [1.29, 1.82) is 0 Å². The number of nitrogens with one attached hydrogen (secondary N) is 1. The monoisotopic (exact) mass is 350 g/mol. The van der Waals surface area contributed by atoms with Gasteiger partial charge in [-0.25, -0.2) is 4.39 Å². The second-order valence-corrected chi connectivity index (χ2v) is 5.60. The van der Waals surface area contributed by atoms with Gasteiger partial charge in [-0.3, -0.25) is 9.59 Å². The summed E-state index contributed by atoms with van der Waals surface area (Å²) >= 11 is 0. The maximum atomic E-state index is 13.7. The normalized spacial score (nSPS) is 15.5. The Kier molecular flexibility index (Phi) is 6.30. The Morgan fingerprint density at radius 2 is 1.88 bits per heavy atom. The topological polar surface area (TPSA) is 92.4 Å². The number of aliphatic carboxylic acids is 1. The summed E-state index contributed by atoms with van der Waals surface area (Å²) in [5.41, 5.74) is 5.34. The fourth-order valence-electron chi connectivity index (χ4n) is 1.88. The molecule has 24 heavy (non-hydrogen) atoms. The summed E-state index contributed by atoms with van der Waals surface area (Å²) in [6, 6.07) is 1.62. The average Bonchev–Trinajstić information content (AvgIpc) is 2.47. The number of carbonyl (C=O) groups is 2. The molecular weight excluding hydrogens is 332 g/mol. The van der Waals surface area contributed by atoms with Crippen molar-refractivity contribution in [3.63, 3.8) is 0 Å². The number of hydrogen-bond acceptors (Lipinski definition) is 3. The van der Waals surface area contributed by atoms with E-state index in [1.165, 1.54) is 19.1 Å². The van der Waals surface area contributed by atoms with E-state index in [4.69, 9.17) is 10.8 Å². The molecule has 134 valence electrons. The highest BCUT2D eigenvalue weighted by molar-refractivity contribution is 5.95. The number of amides is 1. The predicted octanol–water partition coefficient (Wildman–Crippen LogP) is 2.55. The summed E-state index contributed by atoms with van der Waals surface area (Å²) < 4.78 is 51.4. The first-order valence-electron chi connectivity index (χ1n) is 7.08. The molecule has 1 aromatic carbocycles. The van der Waals surface area contributed by atoms with Crippen molar-refractivity contribution in [2.45, 2.75) is 32.5 Å².